The summed E-state index contributed by atoms with van der Waals surface area (Å²) < 4.78 is 4.56. The van der Waals surface area contributed by atoms with Crippen molar-refractivity contribution in [2.45, 2.75) is 26.4 Å². The van der Waals surface area contributed by atoms with Gasteiger partial charge in [-0.05, 0) is 0 Å². The van der Waals surface area contributed by atoms with Crippen molar-refractivity contribution in [2.24, 2.45) is 0 Å². The Morgan fingerprint density at radius 3 is 1.50 bits per heavy atom. The summed E-state index contributed by atoms with van der Waals surface area (Å²) in [6.45, 7) is 5.78. The zero-order valence-electron chi connectivity index (χ0n) is 4.22. The molecule has 0 aromatic carbocycles. The molecule has 0 saturated heterocycles. The Kier molecular flexibility index (Phi) is 2.09. The van der Waals surface area contributed by atoms with Gasteiger partial charge in [-0.25, -0.2) is 0 Å². The first-order valence-electron chi connectivity index (χ1n) is 1.83. The van der Waals surface area contributed by atoms with Crippen LogP contribution in [0.2, 0.25) is 0 Å². The molecule has 1 nitrogen and oxygen atoms in total. The fourth-order valence-electron chi connectivity index (χ4n) is 0. The molecule has 0 radical (unpaired) electrons. The van der Waals surface area contributed by atoms with E-state index in [0.717, 1.165) is 0 Å². The number of hydrogen-bond donors (Lipinski definition) is 0. The molecule has 0 rings (SSSR count). The van der Waals surface area contributed by atoms with Gasteiger partial charge in [0.05, 0.1) is 0 Å². The van der Waals surface area contributed by atoms with Crippen LogP contribution in [0, 0.1) is 0 Å². The van der Waals surface area contributed by atoms with E-state index in [0.29, 0.717) is 0 Å². The Morgan fingerprint density at radius 1 is 1.33 bits per heavy atom. The minimum absolute atomic E-state index is 0.125. The van der Waals surface area contributed by atoms with E-state index < -0.39 is 0 Å². The van der Waals surface area contributed by atoms with Crippen molar-refractivity contribution in [3.63, 3.8) is 0 Å². The topological polar surface area (TPSA) is 9.23 Å². The average Bonchev–Trinajstić information content (AvgIpc) is 1.35. The first-order valence-corrected chi connectivity index (χ1v) is 2.24. The van der Waals surface area contributed by atoms with Crippen molar-refractivity contribution in [2.75, 3.05) is 0 Å². The summed E-state index contributed by atoms with van der Waals surface area (Å²) in [5.74, 6) is 0. The monoisotopic (exact) mass is 131 g/mol. The molecule has 0 atom stereocenters. The van der Waals surface area contributed by atoms with E-state index in [9.17, 15) is 0 Å². The molecule has 0 amide bonds. The van der Waals surface area contributed by atoms with Gasteiger partial charge in [0.2, 0.25) is 0 Å². The third kappa shape index (κ3) is 4.45. The zero-order valence-corrected chi connectivity index (χ0v) is 5.21. The summed E-state index contributed by atoms with van der Waals surface area (Å²) in [4.78, 5) is 0. The SMILES string of the molecule is CC(C)(C)[O][Ni]. The average molecular weight is 132 g/mol. The maximum absolute atomic E-state index is 4.56. The van der Waals surface area contributed by atoms with Gasteiger partial charge in [-0.1, -0.05) is 0 Å². The van der Waals surface area contributed by atoms with Crippen LogP contribution in [0.4, 0.5) is 0 Å². The van der Waals surface area contributed by atoms with Crippen molar-refractivity contribution in [3.8, 4) is 0 Å². The molecule has 0 aliphatic heterocycles. The van der Waals surface area contributed by atoms with Crippen LogP contribution in [-0.4, -0.2) is 5.60 Å². The summed E-state index contributed by atoms with van der Waals surface area (Å²) in [5, 5.41) is 0. The molecule has 0 aromatic heterocycles. The van der Waals surface area contributed by atoms with Crippen LogP contribution in [-0.2, 0) is 19.7 Å². The van der Waals surface area contributed by atoms with E-state index in [1.54, 1.807) is 0 Å². The molecule has 0 N–H and O–H groups in total. The fourth-order valence-corrected chi connectivity index (χ4v) is 0. The first kappa shape index (κ1) is 6.45. The molecule has 0 bridgehead atoms. The van der Waals surface area contributed by atoms with E-state index in [4.69, 9.17) is 0 Å². The maximum atomic E-state index is 4.56. The van der Waals surface area contributed by atoms with Crippen LogP contribution in [0.1, 0.15) is 20.8 Å². The molecule has 0 aromatic rings. The van der Waals surface area contributed by atoms with E-state index >= 15 is 0 Å². The van der Waals surface area contributed by atoms with Crippen LogP contribution in [0.3, 0.4) is 0 Å². The van der Waals surface area contributed by atoms with Gasteiger partial charge < -0.3 is 0 Å². The molecule has 0 unspecified atom stereocenters. The molecule has 0 spiro atoms. The van der Waals surface area contributed by atoms with E-state index in [1.165, 1.54) is 0 Å². The number of hydrogen-bond acceptors (Lipinski definition) is 1. The first-order chi connectivity index (χ1) is 2.56. The fraction of sp³-hybridized carbons (Fsp3) is 1.00. The van der Waals surface area contributed by atoms with Crippen LogP contribution in [0.25, 0.3) is 0 Å². The molecule has 0 aliphatic carbocycles. The summed E-state index contributed by atoms with van der Waals surface area (Å²) in [6.07, 6.45) is 0. The van der Waals surface area contributed by atoms with Gasteiger partial charge in [0.1, 0.15) is 0 Å². The summed E-state index contributed by atoms with van der Waals surface area (Å²) >= 11 is 4.03. The second-order valence-corrected chi connectivity index (χ2v) is 2.38. The Morgan fingerprint density at radius 2 is 1.50 bits per heavy atom. The Labute approximate surface area is 46.7 Å². The summed E-state index contributed by atoms with van der Waals surface area (Å²) in [7, 11) is 0. The van der Waals surface area contributed by atoms with Crippen molar-refractivity contribution < 1.29 is 19.7 Å². The van der Waals surface area contributed by atoms with Gasteiger partial charge in [0, 0.05) is 0 Å². The molecule has 0 fully saturated rings. The van der Waals surface area contributed by atoms with Crippen molar-refractivity contribution in [1.29, 1.82) is 0 Å². The van der Waals surface area contributed by atoms with Gasteiger partial charge >= 0.3 is 46.0 Å². The van der Waals surface area contributed by atoms with Gasteiger partial charge in [-0.2, -0.15) is 0 Å². The quantitative estimate of drug-likeness (QED) is 0.450. The standard InChI is InChI=1S/C4H9O.Ni/c1-4(2,3)5;/h1-3H3;/q-1;+1. The van der Waals surface area contributed by atoms with Gasteiger partial charge in [-0.15, -0.1) is 0 Å². The zero-order chi connectivity index (χ0) is 5.21. The summed E-state index contributed by atoms with van der Waals surface area (Å²) in [6, 6.07) is 0. The molecule has 41 valence electrons. The van der Waals surface area contributed by atoms with Crippen LogP contribution in [0.5, 0.6) is 0 Å². The molecular formula is C4H9NiO. The third-order valence-electron chi connectivity index (χ3n) is 0.194. The second kappa shape index (κ2) is 1.95. The molecule has 0 saturated carbocycles. The molecular weight excluding hydrogens is 123 g/mol. The van der Waals surface area contributed by atoms with Gasteiger partial charge in [0.15, 0.2) is 0 Å². The van der Waals surface area contributed by atoms with E-state index in [-0.39, 0.29) is 5.60 Å². The van der Waals surface area contributed by atoms with Crippen LogP contribution in [0.15, 0.2) is 0 Å². The van der Waals surface area contributed by atoms with Gasteiger partial charge in [0.25, 0.3) is 0 Å². The Bertz CT molecular complexity index is 37.3. The van der Waals surface area contributed by atoms with Crippen molar-refractivity contribution in [1.82, 2.24) is 0 Å². The second-order valence-electron chi connectivity index (χ2n) is 2.18. The number of rotatable bonds is 0. The summed E-state index contributed by atoms with van der Waals surface area (Å²) in [5.41, 5.74) is -0.125. The van der Waals surface area contributed by atoms with Crippen LogP contribution < -0.4 is 0 Å². The third-order valence-corrected chi connectivity index (χ3v) is 0.798. The molecule has 0 heterocycles. The van der Waals surface area contributed by atoms with Crippen molar-refractivity contribution >= 4 is 0 Å². The predicted molar refractivity (Wildman–Crippen MR) is 20.8 cm³/mol. The van der Waals surface area contributed by atoms with E-state index in [1.807, 2.05) is 20.8 Å². The molecule has 0 aliphatic rings. The van der Waals surface area contributed by atoms with Crippen molar-refractivity contribution in [3.05, 3.63) is 0 Å². The van der Waals surface area contributed by atoms with Crippen LogP contribution >= 0.6 is 0 Å². The van der Waals surface area contributed by atoms with Gasteiger partial charge in [-0.3, -0.25) is 0 Å². The van der Waals surface area contributed by atoms with E-state index in [2.05, 4.69) is 19.7 Å². The Balaban J connectivity index is 3.17. The molecule has 2 heteroatoms. The molecule has 6 heavy (non-hydrogen) atoms. The minimum atomic E-state index is -0.125. The predicted octanol–water partition coefficient (Wildman–Crippen LogP) is 1.26. The normalized spacial score (nSPS) is 12.2. The Hall–Kier alpha value is 0.454.